The fraction of sp³-hybridized carbons (Fsp3) is 0.238. The van der Waals surface area contributed by atoms with Gasteiger partial charge in [-0.25, -0.2) is 0 Å². The fourth-order valence-electron chi connectivity index (χ4n) is 4.06. The Kier molecular flexibility index (Phi) is 4.85. The zero-order valence-corrected chi connectivity index (χ0v) is 16.5. The standard InChI is InChI=1S/C21H17BrN2O4/c22-14-10-8-13(9-11-14)15-12-20(26)23(18-6-3-7-19(25)21(15)18)16-4-1-2-5-17(16)24(27)28/h1-2,4-5,8-11,15H,3,6-7,12H2. The second-order valence-corrected chi connectivity index (χ2v) is 7.84. The Morgan fingerprint density at radius 2 is 1.75 bits per heavy atom. The van der Waals surface area contributed by atoms with Crippen molar-refractivity contribution in [2.45, 2.75) is 31.6 Å². The number of rotatable bonds is 3. The molecule has 2 aliphatic rings. The van der Waals surface area contributed by atoms with Crippen LogP contribution >= 0.6 is 15.9 Å². The molecule has 28 heavy (non-hydrogen) atoms. The van der Waals surface area contributed by atoms with Crippen LogP contribution in [0.3, 0.4) is 0 Å². The maximum Gasteiger partial charge on any atom is 0.293 e. The predicted octanol–water partition coefficient (Wildman–Crippen LogP) is 4.88. The summed E-state index contributed by atoms with van der Waals surface area (Å²) in [6.45, 7) is 0. The van der Waals surface area contributed by atoms with Crippen LogP contribution in [0.15, 0.2) is 64.3 Å². The predicted molar refractivity (Wildman–Crippen MR) is 108 cm³/mol. The Labute approximate surface area is 170 Å². The number of Topliss-reactive ketones (excluding diaryl/α,β-unsaturated/α-hetero) is 1. The number of nitro groups is 1. The van der Waals surface area contributed by atoms with Gasteiger partial charge in [-0.3, -0.25) is 24.6 Å². The number of nitrogens with zero attached hydrogens (tertiary/aromatic N) is 2. The van der Waals surface area contributed by atoms with E-state index in [1.54, 1.807) is 18.2 Å². The van der Waals surface area contributed by atoms with Gasteiger partial charge in [0, 0.05) is 40.6 Å². The van der Waals surface area contributed by atoms with Gasteiger partial charge in [-0.2, -0.15) is 0 Å². The van der Waals surface area contributed by atoms with Crippen molar-refractivity contribution in [1.82, 2.24) is 0 Å². The van der Waals surface area contributed by atoms with Gasteiger partial charge in [-0.15, -0.1) is 0 Å². The van der Waals surface area contributed by atoms with Crippen LogP contribution in [0.2, 0.25) is 0 Å². The molecule has 1 aliphatic heterocycles. The summed E-state index contributed by atoms with van der Waals surface area (Å²) in [7, 11) is 0. The van der Waals surface area contributed by atoms with Crippen molar-refractivity contribution >= 4 is 39.0 Å². The van der Waals surface area contributed by atoms with Crippen molar-refractivity contribution in [3.05, 3.63) is 80.0 Å². The first-order valence-electron chi connectivity index (χ1n) is 9.05. The van der Waals surface area contributed by atoms with E-state index < -0.39 is 4.92 Å². The topological polar surface area (TPSA) is 80.5 Å². The molecule has 6 nitrogen and oxygen atoms in total. The summed E-state index contributed by atoms with van der Waals surface area (Å²) in [6.07, 6.45) is 1.73. The van der Waals surface area contributed by atoms with Crippen molar-refractivity contribution in [2.24, 2.45) is 0 Å². The van der Waals surface area contributed by atoms with Crippen LogP contribution < -0.4 is 4.90 Å². The lowest BCUT2D eigenvalue weighted by Crippen LogP contribution is -2.40. The number of carbonyl (C=O) groups excluding carboxylic acids is 2. The number of benzene rings is 2. The molecule has 0 N–H and O–H groups in total. The number of halogens is 1. The van der Waals surface area contributed by atoms with E-state index in [-0.39, 0.29) is 35.4 Å². The van der Waals surface area contributed by atoms with Crippen LogP contribution in [0, 0.1) is 10.1 Å². The molecule has 0 aromatic heterocycles. The normalized spacial score (nSPS) is 19.6. The number of para-hydroxylation sites is 2. The van der Waals surface area contributed by atoms with E-state index in [0.29, 0.717) is 30.5 Å². The fourth-order valence-corrected chi connectivity index (χ4v) is 4.32. The van der Waals surface area contributed by atoms with Gasteiger partial charge in [0.25, 0.3) is 5.69 Å². The van der Waals surface area contributed by atoms with Crippen LogP contribution in [0.25, 0.3) is 0 Å². The molecule has 1 aliphatic carbocycles. The highest BCUT2D eigenvalue weighted by molar-refractivity contribution is 9.10. The maximum absolute atomic E-state index is 13.1. The second kappa shape index (κ2) is 7.31. The Morgan fingerprint density at radius 3 is 2.46 bits per heavy atom. The number of allylic oxidation sites excluding steroid dienone is 2. The lowest BCUT2D eigenvalue weighted by molar-refractivity contribution is -0.384. The first-order chi connectivity index (χ1) is 13.5. The number of anilines is 1. The third-order valence-electron chi connectivity index (χ3n) is 5.27. The zero-order valence-electron chi connectivity index (χ0n) is 14.9. The van der Waals surface area contributed by atoms with Gasteiger partial charge in [-0.05, 0) is 36.6 Å². The van der Waals surface area contributed by atoms with Crippen molar-refractivity contribution in [1.29, 1.82) is 0 Å². The molecule has 1 amide bonds. The lowest BCUT2D eigenvalue weighted by Gasteiger charge is -2.38. The molecular formula is C21H17BrN2O4. The van der Waals surface area contributed by atoms with Gasteiger partial charge in [-0.1, -0.05) is 40.2 Å². The average Bonchev–Trinajstić information content (AvgIpc) is 2.68. The zero-order chi connectivity index (χ0) is 19.8. The smallest absolute Gasteiger partial charge is 0.293 e. The van der Waals surface area contributed by atoms with E-state index in [9.17, 15) is 19.7 Å². The van der Waals surface area contributed by atoms with Crippen LogP contribution in [-0.2, 0) is 9.59 Å². The number of hydrogen-bond donors (Lipinski definition) is 0. The van der Waals surface area contributed by atoms with E-state index >= 15 is 0 Å². The van der Waals surface area contributed by atoms with E-state index in [0.717, 1.165) is 10.0 Å². The number of nitro benzene ring substituents is 1. The van der Waals surface area contributed by atoms with Gasteiger partial charge in [0.1, 0.15) is 5.69 Å². The third kappa shape index (κ3) is 3.16. The highest BCUT2D eigenvalue weighted by atomic mass is 79.9. The first-order valence-corrected chi connectivity index (χ1v) is 9.84. The Morgan fingerprint density at radius 1 is 1.04 bits per heavy atom. The summed E-state index contributed by atoms with van der Waals surface area (Å²) < 4.78 is 0.920. The van der Waals surface area contributed by atoms with Gasteiger partial charge in [0.05, 0.1) is 4.92 Å². The van der Waals surface area contributed by atoms with Gasteiger partial charge < -0.3 is 0 Å². The van der Waals surface area contributed by atoms with Gasteiger partial charge in [0.15, 0.2) is 5.78 Å². The molecule has 0 bridgehead atoms. The van der Waals surface area contributed by atoms with Gasteiger partial charge in [0.2, 0.25) is 5.91 Å². The summed E-state index contributed by atoms with van der Waals surface area (Å²) in [6, 6.07) is 13.8. The quantitative estimate of drug-likeness (QED) is 0.502. The molecule has 2 aromatic carbocycles. The number of hydrogen-bond acceptors (Lipinski definition) is 4. The molecule has 1 unspecified atom stereocenters. The van der Waals surface area contributed by atoms with E-state index in [1.165, 1.54) is 11.0 Å². The molecule has 1 atom stereocenters. The van der Waals surface area contributed by atoms with Crippen molar-refractivity contribution in [3.8, 4) is 0 Å². The van der Waals surface area contributed by atoms with E-state index in [4.69, 9.17) is 0 Å². The Hall–Kier alpha value is -2.80. The molecule has 4 rings (SSSR count). The van der Waals surface area contributed by atoms with Crippen LogP contribution in [0.1, 0.15) is 37.2 Å². The number of ketones is 1. The van der Waals surface area contributed by atoms with Crippen molar-refractivity contribution < 1.29 is 14.5 Å². The van der Waals surface area contributed by atoms with E-state index in [1.807, 2.05) is 24.3 Å². The minimum Gasteiger partial charge on any atom is -0.294 e. The molecule has 1 heterocycles. The number of amides is 1. The summed E-state index contributed by atoms with van der Waals surface area (Å²) in [5, 5.41) is 11.5. The lowest BCUT2D eigenvalue weighted by atomic mass is 9.77. The molecule has 0 saturated heterocycles. The van der Waals surface area contributed by atoms with Crippen LogP contribution in [-0.4, -0.2) is 16.6 Å². The van der Waals surface area contributed by atoms with Crippen LogP contribution in [0.4, 0.5) is 11.4 Å². The molecule has 0 spiro atoms. The average molecular weight is 441 g/mol. The molecular weight excluding hydrogens is 424 g/mol. The first kappa shape index (κ1) is 18.6. The third-order valence-corrected chi connectivity index (χ3v) is 5.80. The summed E-state index contributed by atoms with van der Waals surface area (Å²) in [5.74, 6) is -0.525. The van der Waals surface area contributed by atoms with E-state index in [2.05, 4.69) is 15.9 Å². The van der Waals surface area contributed by atoms with Crippen LogP contribution in [0.5, 0.6) is 0 Å². The maximum atomic E-state index is 13.1. The SMILES string of the molecule is O=C1CCCC2=C1C(c1ccc(Br)cc1)CC(=O)N2c1ccccc1[N+](=O)[O-]. The summed E-state index contributed by atoms with van der Waals surface area (Å²) in [5.41, 5.74) is 2.22. The summed E-state index contributed by atoms with van der Waals surface area (Å²) in [4.78, 5) is 38.4. The molecule has 7 heteroatoms. The molecule has 2 aromatic rings. The molecule has 0 saturated carbocycles. The highest BCUT2D eigenvalue weighted by Gasteiger charge is 2.41. The van der Waals surface area contributed by atoms with Crippen molar-refractivity contribution in [2.75, 3.05) is 4.90 Å². The van der Waals surface area contributed by atoms with Crippen molar-refractivity contribution in [3.63, 3.8) is 0 Å². The Bertz CT molecular complexity index is 1010. The largest absolute Gasteiger partial charge is 0.294 e. The Balaban J connectivity index is 1.89. The number of carbonyl (C=O) groups is 2. The molecule has 0 radical (unpaired) electrons. The minimum atomic E-state index is -0.492. The second-order valence-electron chi connectivity index (χ2n) is 6.92. The monoisotopic (exact) mass is 440 g/mol. The minimum absolute atomic E-state index is 0.0188. The molecule has 0 fully saturated rings. The molecule has 142 valence electrons. The van der Waals surface area contributed by atoms with Gasteiger partial charge >= 0.3 is 0 Å². The summed E-state index contributed by atoms with van der Waals surface area (Å²) >= 11 is 3.41. The highest BCUT2D eigenvalue weighted by Crippen LogP contribution is 2.45.